The van der Waals surface area contributed by atoms with Crippen molar-refractivity contribution in [3.8, 4) is 11.8 Å². The van der Waals surface area contributed by atoms with Crippen LogP contribution in [0.1, 0.15) is 27.8 Å². The van der Waals surface area contributed by atoms with Crippen molar-refractivity contribution in [2.45, 2.75) is 27.0 Å². The predicted molar refractivity (Wildman–Crippen MR) is 95.6 cm³/mol. The first-order valence-electron chi connectivity index (χ1n) is 8.48. The van der Waals surface area contributed by atoms with Crippen molar-refractivity contribution in [2.75, 3.05) is 13.1 Å². The number of likely N-dealkylation sites (tertiary alicyclic amines) is 1. The number of benzene rings is 1. The van der Waals surface area contributed by atoms with Gasteiger partial charge in [0.25, 0.3) is 0 Å². The van der Waals surface area contributed by atoms with Crippen molar-refractivity contribution in [3.05, 3.63) is 58.4 Å². The minimum atomic E-state index is -0.714. The lowest BCUT2D eigenvalue weighted by Gasteiger charge is -2.37. The van der Waals surface area contributed by atoms with E-state index in [0.29, 0.717) is 25.3 Å². The SMILES string of the molecule is Cc1cc(OCc2cncc(C#N)c2)cc(C)c1CN1CC(C(=O)O)C1. The second kappa shape index (κ2) is 7.54. The van der Waals surface area contributed by atoms with Crippen LogP contribution in [0.5, 0.6) is 5.75 Å². The van der Waals surface area contributed by atoms with E-state index in [0.717, 1.165) is 29.0 Å². The summed E-state index contributed by atoms with van der Waals surface area (Å²) in [7, 11) is 0. The van der Waals surface area contributed by atoms with Crippen LogP contribution in [-0.2, 0) is 17.9 Å². The van der Waals surface area contributed by atoms with Crippen molar-refractivity contribution in [1.29, 1.82) is 5.26 Å². The van der Waals surface area contributed by atoms with Crippen LogP contribution in [0.4, 0.5) is 0 Å². The van der Waals surface area contributed by atoms with Crippen LogP contribution in [0.15, 0.2) is 30.6 Å². The number of hydrogen-bond acceptors (Lipinski definition) is 5. The summed E-state index contributed by atoms with van der Waals surface area (Å²) in [6.45, 7) is 6.41. The molecule has 0 radical (unpaired) electrons. The maximum atomic E-state index is 10.9. The molecule has 0 spiro atoms. The molecular formula is C20H21N3O3. The monoisotopic (exact) mass is 351 g/mol. The van der Waals surface area contributed by atoms with Crippen LogP contribution in [0.25, 0.3) is 0 Å². The molecule has 0 unspecified atom stereocenters. The molecular weight excluding hydrogens is 330 g/mol. The molecule has 6 heteroatoms. The van der Waals surface area contributed by atoms with E-state index in [1.165, 1.54) is 11.8 Å². The van der Waals surface area contributed by atoms with Crippen LogP contribution in [0.2, 0.25) is 0 Å². The van der Waals surface area contributed by atoms with E-state index < -0.39 is 5.97 Å². The van der Waals surface area contributed by atoms with Crippen molar-refractivity contribution >= 4 is 5.97 Å². The van der Waals surface area contributed by atoms with E-state index in [1.54, 1.807) is 12.3 Å². The Hall–Kier alpha value is -2.91. The van der Waals surface area contributed by atoms with E-state index in [-0.39, 0.29) is 5.92 Å². The van der Waals surface area contributed by atoms with Crippen LogP contribution in [0.3, 0.4) is 0 Å². The summed E-state index contributed by atoms with van der Waals surface area (Å²) in [5.41, 5.74) is 4.84. The van der Waals surface area contributed by atoms with Gasteiger partial charge in [-0.2, -0.15) is 5.26 Å². The van der Waals surface area contributed by atoms with Crippen LogP contribution in [-0.4, -0.2) is 34.0 Å². The molecule has 1 aliphatic rings. The van der Waals surface area contributed by atoms with Crippen LogP contribution < -0.4 is 4.74 Å². The average Bonchev–Trinajstić information content (AvgIpc) is 2.57. The van der Waals surface area contributed by atoms with Gasteiger partial charge in [0.1, 0.15) is 18.4 Å². The number of hydrogen-bond donors (Lipinski definition) is 1. The van der Waals surface area contributed by atoms with Gasteiger partial charge in [-0.1, -0.05) is 0 Å². The molecule has 1 aliphatic heterocycles. The minimum absolute atomic E-state index is 0.240. The zero-order chi connectivity index (χ0) is 18.7. The number of carboxylic acid groups (broad SMARTS) is 1. The summed E-state index contributed by atoms with van der Waals surface area (Å²) >= 11 is 0. The first-order chi connectivity index (χ1) is 12.5. The first kappa shape index (κ1) is 17.9. The molecule has 3 rings (SSSR count). The number of aromatic nitrogens is 1. The van der Waals surface area contributed by atoms with Gasteiger partial charge < -0.3 is 9.84 Å². The van der Waals surface area contributed by atoms with Gasteiger partial charge in [0, 0.05) is 37.6 Å². The quantitative estimate of drug-likeness (QED) is 0.861. The molecule has 1 aromatic heterocycles. The number of nitrogens with zero attached hydrogens (tertiary/aromatic N) is 3. The lowest BCUT2D eigenvalue weighted by atomic mass is 9.96. The molecule has 1 saturated heterocycles. The lowest BCUT2D eigenvalue weighted by molar-refractivity contribution is -0.147. The minimum Gasteiger partial charge on any atom is -0.489 e. The summed E-state index contributed by atoms with van der Waals surface area (Å²) in [6, 6.07) is 7.84. The number of aliphatic carboxylic acids is 1. The molecule has 1 fully saturated rings. The Morgan fingerprint density at radius 3 is 2.62 bits per heavy atom. The molecule has 1 aromatic carbocycles. The third-order valence-corrected chi connectivity index (χ3v) is 4.69. The molecule has 2 heterocycles. The molecule has 2 aromatic rings. The molecule has 6 nitrogen and oxygen atoms in total. The van der Waals surface area contributed by atoms with Gasteiger partial charge in [-0.15, -0.1) is 0 Å². The van der Waals surface area contributed by atoms with Gasteiger partial charge in [0.15, 0.2) is 0 Å². The van der Waals surface area contributed by atoms with Crippen molar-refractivity contribution in [3.63, 3.8) is 0 Å². The van der Waals surface area contributed by atoms with E-state index in [9.17, 15) is 4.79 Å². The van der Waals surface area contributed by atoms with Crippen LogP contribution in [0, 0.1) is 31.1 Å². The second-order valence-electron chi connectivity index (χ2n) is 6.75. The largest absolute Gasteiger partial charge is 0.489 e. The van der Waals surface area contributed by atoms with E-state index in [4.69, 9.17) is 15.1 Å². The van der Waals surface area contributed by atoms with Gasteiger partial charge in [0.05, 0.1) is 11.5 Å². The number of aryl methyl sites for hydroxylation is 2. The van der Waals surface area contributed by atoms with Crippen LogP contribution >= 0.6 is 0 Å². The number of rotatable bonds is 6. The Labute approximate surface area is 152 Å². The average molecular weight is 351 g/mol. The Balaban J connectivity index is 1.63. The maximum absolute atomic E-state index is 10.9. The van der Waals surface area contributed by atoms with Gasteiger partial charge in [-0.3, -0.25) is 14.7 Å². The first-order valence-corrected chi connectivity index (χ1v) is 8.48. The Bertz CT molecular complexity index is 844. The molecule has 26 heavy (non-hydrogen) atoms. The fourth-order valence-electron chi connectivity index (χ4n) is 3.16. The number of nitriles is 1. The topological polar surface area (TPSA) is 86.5 Å². The lowest BCUT2D eigenvalue weighted by Crippen LogP contribution is -2.49. The highest BCUT2D eigenvalue weighted by molar-refractivity contribution is 5.71. The standard InChI is InChI=1S/C20H21N3O3/c1-13-3-18(26-12-16-5-15(6-21)7-22-8-16)4-14(2)19(13)11-23-9-17(10-23)20(24)25/h3-5,7-8,17H,9-12H2,1-2H3,(H,24,25). The van der Waals surface area contributed by atoms with Crippen molar-refractivity contribution in [2.24, 2.45) is 5.92 Å². The van der Waals surface area contributed by atoms with E-state index in [1.807, 2.05) is 26.0 Å². The highest BCUT2D eigenvalue weighted by Crippen LogP contribution is 2.26. The van der Waals surface area contributed by atoms with Gasteiger partial charge >= 0.3 is 5.97 Å². The Kier molecular flexibility index (Phi) is 5.19. The highest BCUT2D eigenvalue weighted by Gasteiger charge is 2.32. The van der Waals surface area contributed by atoms with Crippen molar-refractivity contribution < 1.29 is 14.6 Å². The van der Waals surface area contributed by atoms with Crippen molar-refractivity contribution in [1.82, 2.24) is 9.88 Å². The molecule has 1 N–H and O–H groups in total. The molecule has 134 valence electrons. The third-order valence-electron chi connectivity index (χ3n) is 4.69. The zero-order valence-corrected chi connectivity index (χ0v) is 14.9. The van der Waals surface area contributed by atoms with Gasteiger partial charge in [-0.25, -0.2) is 0 Å². The smallest absolute Gasteiger partial charge is 0.309 e. The molecule has 0 amide bonds. The fourth-order valence-corrected chi connectivity index (χ4v) is 3.16. The Morgan fingerprint density at radius 2 is 2.00 bits per heavy atom. The normalized spacial score (nSPS) is 14.5. The highest BCUT2D eigenvalue weighted by atomic mass is 16.5. The number of ether oxygens (including phenoxy) is 1. The molecule has 0 aliphatic carbocycles. The number of carbonyl (C=O) groups is 1. The Morgan fingerprint density at radius 1 is 1.31 bits per heavy atom. The maximum Gasteiger partial charge on any atom is 0.309 e. The zero-order valence-electron chi connectivity index (χ0n) is 14.9. The molecule has 0 bridgehead atoms. The molecule has 0 atom stereocenters. The van der Waals surface area contributed by atoms with Gasteiger partial charge in [0.2, 0.25) is 0 Å². The fraction of sp³-hybridized carbons (Fsp3) is 0.350. The number of pyridine rings is 1. The van der Waals surface area contributed by atoms with E-state index >= 15 is 0 Å². The summed E-state index contributed by atoms with van der Waals surface area (Å²) < 4.78 is 5.86. The third kappa shape index (κ3) is 4.01. The van der Waals surface area contributed by atoms with Gasteiger partial charge in [-0.05, 0) is 48.7 Å². The summed E-state index contributed by atoms with van der Waals surface area (Å²) in [5.74, 6) is -0.178. The van der Waals surface area contributed by atoms with E-state index in [2.05, 4.69) is 16.0 Å². The second-order valence-corrected chi connectivity index (χ2v) is 6.75. The molecule has 0 saturated carbocycles. The summed E-state index contributed by atoms with van der Waals surface area (Å²) in [6.07, 6.45) is 3.22. The number of carboxylic acids is 1. The summed E-state index contributed by atoms with van der Waals surface area (Å²) in [5, 5.41) is 17.9. The predicted octanol–water partition coefficient (Wildman–Crippen LogP) is 2.67. The summed E-state index contributed by atoms with van der Waals surface area (Å²) in [4.78, 5) is 17.1.